The van der Waals surface area contributed by atoms with Crippen LogP contribution >= 0.6 is 27.7 Å². The van der Waals surface area contributed by atoms with Crippen LogP contribution in [-0.2, 0) is 6.42 Å². The maximum absolute atomic E-state index is 5.77. The first kappa shape index (κ1) is 13.1. The molecule has 1 rings (SSSR count). The lowest BCUT2D eigenvalue weighted by molar-refractivity contribution is 0.737. The first-order valence-corrected chi connectivity index (χ1v) is 6.87. The van der Waals surface area contributed by atoms with Gasteiger partial charge in [-0.05, 0) is 47.0 Å². The largest absolute Gasteiger partial charge is 0.328 e. The summed E-state index contributed by atoms with van der Waals surface area (Å²) in [5.74, 6) is 0. The SMILES string of the molecule is CC(N)Cc1ccc(SC(C)C)c(Br)c1. The Labute approximate surface area is 105 Å². The van der Waals surface area contributed by atoms with Crippen LogP contribution in [0.3, 0.4) is 0 Å². The Morgan fingerprint density at radius 1 is 1.33 bits per heavy atom. The highest BCUT2D eigenvalue weighted by Crippen LogP contribution is 2.31. The van der Waals surface area contributed by atoms with Crippen LogP contribution in [0.25, 0.3) is 0 Å². The molecule has 0 fully saturated rings. The lowest BCUT2D eigenvalue weighted by Crippen LogP contribution is -2.17. The van der Waals surface area contributed by atoms with Gasteiger partial charge in [0.1, 0.15) is 0 Å². The highest BCUT2D eigenvalue weighted by molar-refractivity contribution is 9.10. The molecule has 1 nitrogen and oxygen atoms in total. The maximum Gasteiger partial charge on any atom is 0.0314 e. The van der Waals surface area contributed by atoms with E-state index in [1.165, 1.54) is 14.9 Å². The van der Waals surface area contributed by atoms with Gasteiger partial charge in [0.25, 0.3) is 0 Å². The van der Waals surface area contributed by atoms with Gasteiger partial charge in [0.05, 0.1) is 0 Å². The minimum absolute atomic E-state index is 0.223. The van der Waals surface area contributed by atoms with Gasteiger partial charge in [0.15, 0.2) is 0 Å². The van der Waals surface area contributed by atoms with Crippen LogP contribution < -0.4 is 5.73 Å². The highest BCUT2D eigenvalue weighted by Gasteiger charge is 2.05. The fourth-order valence-electron chi connectivity index (χ4n) is 1.39. The molecule has 1 aromatic carbocycles. The predicted octanol–water partition coefficient (Wildman–Crippen LogP) is 3.84. The van der Waals surface area contributed by atoms with Gasteiger partial charge >= 0.3 is 0 Å². The monoisotopic (exact) mass is 287 g/mol. The fourth-order valence-corrected chi connectivity index (χ4v) is 2.93. The van der Waals surface area contributed by atoms with E-state index >= 15 is 0 Å². The van der Waals surface area contributed by atoms with Gasteiger partial charge in [-0.1, -0.05) is 19.9 Å². The van der Waals surface area contributed by atoms with Crippen molar-refractivity contribution in [2.24, 2.45) is 5.73 Å². The third kappa shape index (κ3) is 4.58. The van der Waals surface area contributed by atoms with Gasteiger partial charge in [-0.2, -0.15) is 0 Å². The van der Waals surface area contributed by atoms with Crippen LogP contribution in [0.5, 0.6) is 0 Å². The lowest BCUT2D eigenvalue weighted by Gasteiger charge is -2.10. The first-order valence-electron chi connectivity index (χ1n) is 5.19. The fraction of sp³-hybridized carbons (Fsp3) is 0.500. The molecule has 2 N–H and O–H groups in total. The van der Waals surface area contributed by atoms with Crippen molar-refractivity contribution < 1.29 is 0 Å². The van der Waals surface area contributed by atoms with E-state index in [1.54, 1.807) is 0 Å². The molecule has 0 aliphatic carbocycles. The van der Waals surface area contributed by atoms with Crippen LogP contribution in [0.15, 0.2) is 27.6 Å². The molecular weight excluding hydrogens is 270 g/mol. The lowest BCUT2D eigenvalue weighted by atomic mass is 10.1. The standard InChI is InChI=1S/C12H18BrNS/c1-8(2)15-12-5-4-10(6-9(3)14)7-11(12)13/h4-5,7-9H,6,14H2,1-3H3. The Hall–Kier alpha value is 0.01000. The maximum atomic E-state index is 5.77. The van der Waals surface area contributed by atoms with Crippen molar-refractivity contribution in [3.8, 4) is 0 Å². The van der Waals surface area contributed by atoms with Crippen LogP contribution in [-0.4, -0.2) is 11.3 Å². The van der Waals surface area contributed by atoms with E-state index in [0.29, 0.717) is 5.25 Å². The molecule has 0 bridgehead atoms. The topological polar surface area (TPSA) is 26.0 Å². The third-order valence-electron chi connectivity index (χ3n) is 1.92. The summed E-state index contributed by atoms with van der Waals surface area (Å²) in [5, 5.41) is 0.612. The van der Waals surface area contributed by atoms with Crippen LogP contribution in [0.2, 0.25) is 0 Å². The van der Waals surface area contributed by atoms with E-state index in [9.17, 15) is 0 Å². The Morgan fingerprint density at radius 2 is 2.00 bits per heavy atom. The summed E-state index contributed by atoms with van der Waals surface area (Å²) in [4.78, 5) is 1.30. The molecule has 1 aromatic rings. The van der Waals surface area contributed by atoms with Crippen molar-refractivity contribution in [2.45, 2.75) is 43.4 Å². The third-order valence-corrected chi connectivity index (χ3v) is 3.92. The Balaban J connectivity index is 2.78. The summed E-state index contributed by atoms with van der Waals surface area (Å²) < 4.78 is 1.18. The van der Waals surface area contributed by atoms with Crippen LogP contribution in [0, 0.1) is 0 Å². The van der Waals surface area contributed by atoms with Crippen molar-refractivity contribution in [3.05, 3.63) is 28.2 Å². The van der Waals surface area contributed by atoms with Gasteiger partial charge in [-0.25, -0.2) is 0 Å². The number of rotatable bonds is 4. The zero-order valence-electron chi connectivity index (χ0n) is 9.46. The number of benzene rings is 1. The predicted molar refractivity (Wildman–Crippen MR) is 72.5 cm³/mol. The molecule has 84 valence electrons. The molecule has 0 radical (unpaired) electrons. The molecule has 0 spiro atoms. The second kappa shape index (κ2) is 5.92. The zero-order valence-corrected chi connectivity index (χ0v) is 11.9. The summed E-state index contributed by atoms with van der Waals surface area (Å²) in [6.45, 7) is 6.44. The molecule has 0 amide bonds. The summed E-state index contributed by atoms with van der Waals surface area (Å²) in [6.07, 6.45) is 0.936. The van der Waals surface area contributed by atoms with E-state index in [2.05, 4.69) is 48.0 Å². The normalized spacial score (nSPS) is 13.2. The van der Waals surface area contributed by atoms with Gasteiger partial charge in [0, 0.05) is 20.7 Å². The average Bonchev–Trinajstić information content (AvgIpc) is 2.08. The molecule has 0 saturated carbocycles. The number of hydrogen-bond acceptors (Lipinski definition) is 2. The van der Waals surface area contributed by atoms with Crippen molar-refractivity contribution in [1.82, 2.24) is 0 Å². The van der Waals surface area contributed by atoms with E-state index in [1.807, 2.05) is 18.7 Å². The van der Waals surface area contributed by atoms with Crippen molar-refractivity contribution >= 4 is 27.7 Å². The number of hydrogen-bond donors (Lipinski definition) is 1. The van der Waals surface area contributed by atoms with Gasteiger partial charge in [0.2, 0.25) is 0 Å². The van der Waals surface area contributed by atoms with E-state index in [4.69, 9.17) is 5.73 Å². The second-order valence-corrected chi connectivity index (χ2v) is 6.59. The van der Waals surface area contributed by atoms with Gasteiger partial charge in [-0.3, -0.25) is 0 Å². The quantitative estimate of drug-likeness (QED) is 0.852. The molecule has 15 heavy (non-hydrogen) atoms. The summed E-state index contributed by atoms with van der Waals surface area (Å²) in [6, 6.07) is 6.74. The molecule has 0 aliphatic rings. The first-order chi connectivity index (χ1) is 6.99. The average molecular weight is 288 g/mol. The second-order valence-electron chi connectivity index (χ2n) is 4.11. The van der Waals surface area contributed by atoms with E-state index < -0.39 is 0 Å². The minimum Gasteiger partial charge on any atom is -0.328 e. The Bertz CT molecular complexity index is 323. The van der Waals surface area contributed by atoms with Gasteiger partial charge in [-0.15, -0.1) is 11.8 Å². The molecule has 0 saturated heterocycles. The van der Waals surface area contributed by atoms with E-state index in [-0.39, 0.29) is 6.04 Å². The van der Waals surface area contributed by atoms with Crippen LogP contribution in [0.1, 0.15) is 26.3 Å². The molecule has 1 atom stereocenters. The minimum atomic E-state index is 0.223. The summed E-state index contributed by atoms with van der Waals surface area (Å²) in [5.41, 5.74) is 7.07. The Kier molecular flexibility index (Phi) is 5.16. The summed E-state index contributed by atoms with van der Waals surface area (Å²) >= 11 is 5.48. The number of nitrogens with two attached hydrogens (primary N) is 1. The highest BCUT2D eigenvalue weighted by atomic mass is 79.9. The zero-order chi connectivity index (χ0) is 11.4. The molecule has 1 unspecified atom stereocenters. The molecular formula is C12H18BrNS. The smallest absolute Gasteiger partial charge is 0.0314 e. The van der Waals surface area contributed by atoms with Crippen molar-refractivity contribution in [1.29, 1.82) is 0 Å². The number of thioether (sulfide) groups is 1. The van der Waals surface area contributed by atoms with Crippen molar-refractivity contribution in [3.63, 3.8) is 0 Å². The van der Waals surface area contributed by atoms with Crippen molar-refractivity contribution in [2.75, 3.05) is 0 Å². The summed E-state index contributed by atoms with van der Waals surface area (Å²) in [7, 11) is 0. The Morgan fingerprint density at radius 3 is 2.47 bits per heavy atom. The van der Waals surface area contributed by atoms with Crippen LogP contribution in [0.4, 0.5) is 0 Å². The van der Waals surface area contributed by atoms with Gasteiger partial charge < -0.3 is 5.73 Å². The number of halogens is 1. The molecule has 0 heterocycles. The molecule has 3 heteroatoms. The molecule has 0 aromatic heterocycles. The molecule has 0 aliphatic heterocycles. The van der Waals surface area contributed by atoms with E-state index in [0.717, 1.165) is 6.42 Å².